The van der Waals surface area contributed by atoms with Crippen molar-refractivity contribution in [2.75, 3.05) is 44.3 Å². The van der Waals surface area contributed by atoms with Gasteiger partial charge < -0.3 is 20.3 Å². The van der Waals surface area contributed by atoms with Gasteiger partial charge in [0.2, 0.25) is 5.91 Å². The summed E-state index contributed by atoms with van der Waals surface area (Å²) in [6.07, 6.45) is 2.79. The fraction of sp³-hybridized carbons (Fsp3) is 0.611. The van der Waals surface area contributed by atoms with Crippen LogP contribution in [0.5, 0.6) is 0 Å². The average molecular weight is 390 g/mol. The summed E-state index contributed by atoms with van der Waals surface area (Å²) in [5.74, 6) is 0.386. The molecule has 0 aliphatic carbocycles. The highest BCUT2D eigenvalue weighted by atomic mass is 35.5. The van der Waals surface area contributed by atoms with Crippen LogP contribution in [-0.2, 0) is 9.53 Å². The maximum atomic E-state index is 12.7. The van der Waals surface area contributed by atoms with Gasteiger partial charge in [0.1, 0.15) is 0 Å². The minimum Gasteiger partial charge on any atom is -0.381 e. The molecule has 0 radical (unpaired) electrons. The Bertz CT molecular complexity index is 512. The van der Waals surface area contributed by atoms with Crippen molar-refractivity contribution in [2.45, 2.75) is 25.3 Å². The number of halogens is 2. The number of hydrogen-bond acceptors (Lipinski definition) is 4. The molecule has 1 aromatic rings. The van der Waals surface area contributed by atoms with E-state index >= 15 is 0 Å². The Kier molecular flexibility index (Phi) is 9.57. The Morgan fingerprint density at radius 3 is 2.40 bits per heavy atom. The van der Waals surface area contributed by atoms with Gasteiger partial charge >= 0.3 is 0 Å². The third-order valence-corrected chi connectivity index (χ3v) is 4.99. The Hall–Kier alpha value is -1.01. The Balaban J connectivity index is 0.00000156. The highest BCUT2D eigenvalue weighted by molar-refractivity contribution is 5.85. The fourth-order valence-electron chi connectivity index (χ4n) is 3.52. The third kappa shape index (κ3) is 5.74. The van der Waals surface area contributed by atoms with Gasteiger partial charge in [-0.3, -0.25) is 4.79 Å². The van der Waals surface area contributed by atoms with Gasteiger partial charge in [-0.1, -0.05) is 18.2 Å². The van der Waals surface area contributed by atoms with Crippen molar-refractivity contribution >= 4 is 36.4 Å². The lowest BCUT2D eigenvalue weighted by Gasteiger charge is -2.31. The van der Waals surface area contributed by atoms with E-state index < -0.39 is 0 Å². The number of anilines is 1. The first-order valence-electron chi connectivity index (χ1n) is 8.68. The number of carbonyl (C=O) groups is 1. The van der Waals surface area contributed by atoms with Gasteiger partial charge in [-0.25, -0.2) is 0 Å². The molecule has 0 spiro atoms. The van der Waals surface area contributed by atoms with Gasteiger partial charge in [-0.05, 0) is 37.3 Å². The topological polar surface area (TPSA) is 58.8 Å². The maximum Gasteiger partial charge on any atom is 0.239 e. The molecule has 1 aromatic carbocycles. The standard InChI is InChI=1S/C18H27N3O2.2ClH/c19-17(15-7-13-23-14-8-15)18(22)21-10-4-9-20(11-12-21)16-5-2-1-3-6-16;;/h1-3,5-6,15,17H,4,7-14,19H2;2*1H. The normalized spacial score (nSPS) is 20.0. The van der Waals surface area contributed by atoms with E-state index in [0.29, 0.717) is 0 Å². The zero-order valence-electron chi connectivity index (χ0n) is 14.5. The molecule has 0 aromatic heterocycles. The van der Waals surface area contributed by atoms with Crippen LogP contribution in [0.15, 0.2) is 30.3 Å². The summed E-state index contributed by atoms with van der Waals surface area (Å²) >= 11 is 0. The molecule has 1 unspecified atom stereocenters. The van der Waals surface area contributed by atoms with Crippen LogP contribution < -0.4 is 10.6 Å². The van der Waals surface area contributed by atoms with Gasteiger partial charge in [0, 0.05) is 45.1 Å². The van der Waals surface area contributed by atoms with Crippen LogP contribution >= 0.6 is 24.8 Å². The SMILES string of the molecule is Cl.Cl.NC(C(=O)N1CCCN(c2ccccc2)CC1)C1CCOCC1. The number of carbonyl (C=O) groups excluding carboxylic acids is 1. The van der Waals surface area contributed by atoms with E-state index in [1.54, 1.807) is 0 Å². The lowest BCUT2D eigenvalue weighted by molar-refractivity contribution is -0.134. The molecule has 2 N–H and O–H groups in total. The zero-order valence-corrected chi connectivity index (χ0v) is 16.1. The highest BCUT2D eigenvalue weighted by Gasteiger charge is 2.30. The number of nitrogens with two attached hydrogens (primary N) is 1. The second kappa shape index (κ2) is 10.9. The molecule has 142 valence electrons. The molecule has 1 atom stereocenters. The number of amides is 1. The van der Waals surface area contributed by atoms with Crippen LogP contribution in [0, 0.1) is 5.92 Å². The number of hydrogen-bond donors (Lipinski definition) is 1. The van der Waals surface area contributed by atoms with Crippen molar-refractivity contribution < 1.29 is 9.53 Å². The molecule has 2 aliphatic rings. The van der Waals surface area contributed by atoms with Crippen molar-refractivity contribution in [2.24, 2.45) is 11.7 Å². The summed E-state index contributed by atoms with van der Waals surface area (Å²) in [6, 6.07) is 10.0. The molecule has 5 nitrogen and oxygen atoms in total. The quantitative estimate of drug-likeness (QED) is 0.861. The zero-order chi connectivity index (χ0) is 16.1. The minimum atomic E-state index is -0.373. The van der Waals surface area contributed by atoms with E-state index in [2.05, 4.69) is 29.2 Å². The second-order valence-corrected chi connectivity index (χ2v) is 6.48. The number of nitrogens with zero attached hydrogens (tertiary/aromatic N) is 2. The van der Waals surface area contributed by atoms with Gasteiger partial charge in [0.05, 0.1) is 6.04 Å². The van der Waals surface area contributed by atoms with Crippen LogP contribution in [-0.4, -0.2) is 56.2 Å². The van der Waals surface area contributed by atoms with Crippen LogP contribution in [0.25, 0.3) is 0 Å². The Morgan fingerprint density at radius 2 is 1.72 bits per heavy atom. The van der Waals surface area contributed by atoms with E-state index in [4.69, 9.17) is 10.5 Å². The van der Waals surface area contributed by atoms with Crippen molar-refractivity contribution in [3.05, 3.63) is 30.3 Å². The van der Waals surface area contributed by atoms with Crippen molar-refractivity contribution in [1.29, 1.82) is 0 Å². The average Bonchev–Trinajstić information content (AvgIpc) is 2.88. The fourth-order valence-corrected chi connectivity index (χ4v) is 3.52. The monoisotopic (exact) mass is 389 g/mol. The molecule has 25 heavy (non-hydrogen) atoms. The summed E-state index contributed by atoms with van der Waals surface area (Å²) in [6.45, 7) is 4.88. The van der Waals surface area contributed by atoms with E-state index in [1.165, 1.54) is 5.69 Å². The number of benzene rings is 1. The van der Waals surface area contributed by atoms with Gasteiger partial charge in [0.15, 0.2) is 0 Å². The highest BCUT2D eigenvalue weighted by Crippen LogP contribution is 2.20. The smallest absolute Gasteiger partial charge is 0.239 e. The number of rotatable bonds is 3. The molecular formula is C18H29Cl2N3O2. The van der Waals surface area contributed by atoms with Crippen LogP contribution in [0.1, 0.15) is 19.3 Å². The van der Waals surface area contributed by atoms with Crippen LogP contribution in [0.3, 0.4) is 0 Å². The van der Waals surface area contributed by atoms with Crippen molar-refractivity contribution in [1.82, 2.24) is 4.90 Å². The van der Waals surface area contributed by atoms with E-state index in [9.17, 15) is 4.79 Å². The first-order chi connectivity index (χ1) is 11.3. The summed E-state index contributed by atoms with van der Waals surface area (Å²) in [4.78, 5) is 17.1. The molecule has 2 heterocycles. The minimum absolute atomic E-state index is 0. The van der Waals surface area contributed by atoms with Crippen LogP contribution in [0.4, 0.5) is 5.69 Å². The first-order valence-corrected chi connectivity index (χ1v) is 8.68. The Labute approximate surface area is 162 Å². The maximum absolute atomic E-state index is 12.7. The van der Waals surface area contributed by atoms with Crippen LogP contribution in [0.2, 0.25) is 0 Å². The van der Waals surface area contributed by atoms with Gasteiger partial charge in [0.25, 0.3) is 0 Å². The van der Waals surface area contributed by atoms with Crippen molar-refractivity contribution in [3.8, 4) is 0 Å². The first kappa shape index (κ1) is 22.0. The van der Waals surface area contributed by atoms with E-state index in [1.807, 2.05) is 11.0 Å². The molecule has 1 amide bonds. The van der Waals surface area contributed by atoms with E-state index in [-0.39, 0.29) is 42.7 Å². The number of para-hydroxylation sites is 1. The molecule has 2 aliphatic heterocycles. The summed E-state index contributed by atoms with van der Waals surface area (Å²) in [5, 5.41) is 0. The van der Waals surface area contributed by atoms with Crippen molar-refractivity contribution in [3.63, 3.8) is 0 Å². The molecule has 0 saturated carbocycles. The molecular weight excluding hydrogens is 361 g/mol. The van der Waals surface area contributed by atoms with E-state index in [0.717, 1.165) is 58.7 Å². The number of ether oxygens (including phenoxy) is 1. The Morgan fingerprint density at radius 1 is 1.04 bits per heavy atom. The summed E-state index contributed by atoms with van der Waals surface area (Å²) in [5.41, 5.74) is 7.49. The summed E-state index contributed by atoms with van der Waals surface area (Å²) < 4.78 is 5.37. The lowest BCUT2D eigenvalue weighted by atomic mass is 9.91. The third-order valence-electron chi connectivity index (χ3n) is 4.99. The predicted molar refractivity (Wildman–Crippen MR) is 106 cm³/mol. The molecule has 7 heteroatoms. The molecule has 0 bridgehead atoms. The largest absolute Gasteiger partial charge is 0.381 e. The predicted octanol–water partition coefficient (Wildman–Crippen LogP) is 2.32. The lowest BCUT2D eigenvalue weighted by Crippen LogP contribution is -2.50. The van der Waals surface area contributed by atoms with Gasteiger partial charge in [-0.15, -0.1) is 24.8 Å². The summed E-state index contributed by atoms with van der Waals surface area (Å²) in [7, 11) is 0. The molecule has 2 fully saturated rings. The second-order valence-electron chi connectivity index (χ2n) is 6.48. The molecule has 3 rings (SSSR count). The van der Waals surface area contributed by atoms with Gasteiger partial charge in [-0.2, -0.15) is 0 Å². The molecule has 2 saturated heterocycles.